The standard InChI is InChI=1S/C19H22O6/c1-13(2)8-9-23-18-12-24-16(10-17(18)20)11-25-19(21)14-4-6-15(22-3)7-5-14/h4-7,10,12-13H,8-9,11H2,1-3H3. The third kappa shape index (κ3) is 5.67. The zero-order valence-corrected chi connectivity index (χ0v) is 14.6. The molecule has 0 amide bonds. The van der Waals surface area contributed by atoms with E-state index >= 15 is 0 Å². The predicted octanol–water partition coefficient (Wildman–Crippen LogP) is 3.43. The molecule has 0 aliphatic heterocycles. The number of esters is 1. The summed E-state index contributed by atoms with van der Waals surface area (Å²) < 4.78 is 20.9. The van der Waals surface area contributed by atoms with Crippen LogP contribution in [-0.4, -0.2) is 19.7 Å². The van der Waals surface area contributed by atoms with Crippen molar-refractivity contribution >= 4 is 5.97 Å². The minimum Gasteiger partial charge on any atom is -0.497 e. The van der Waals surface area contributed by atoms with Gasteiger partial charge in [0.1, 0.15) is 24.4 Å². The average Bonchev–Trinajstić information content (AvgIpc) is 2.61. The van der Waals surface area contributed by atoms with Crippen molar-refractivity contribution in [3.05, 3.63) is 58.1 Å². The van der Waals surface area contributed by atoms with Gasteiger partial charge in [0.15, 0.2) is 0 Å². The molecule has 0 spiro atoms. The van der Waals surface area contributed by atoms with Crippen LogP contribution in [0.2, 0.25) is 0 Å². The Hall–Kier alpha value is -2.76. The number of rotatable bonds is 8. The summed E-state index contributed by atoms with van der Waals surface area (Å²) in [6.45, 7) is 4.47. The molecule has 0 atom stereocenters. The van der Waals surface area contributed by atoms with Crippen LogP contribution in [0, 0.1) is 5.92 Å². The number of carbonyl (C=O) groups is 1. The highest BCUT2D eigenvalue weighted by Gasteiger charge is 2.10. The van der Waals surface area contributed by atoms with E-state index in [0.717, 1.165) is 6.42 Å². The first-order valence-corrected chi connectivity index (χ1v) is 8.05. The molecule has 134 valence electrons. The Morgan fingerprint density at radius 2 is 1.92 bits per heavy atom. The van der Waals surface area contributed by atoms with Gasteiger partial charge in [-0.3, -0.25) is 4.79 Å². The molecule has 6 heteroatoms. The molecule has 0 fully saturated rings. The van der Waals surface area contributed by atoms with Gasteiger partial charge in [0.2, 0.25) is 11.2 Å². The highest BCUT2D eigenvalue weighted by atomic mass is 16.5. The number of hydrogen-bond acceptors (Lipinski definition) is 6. The van der Waals surface area contributed by atoms with Crippen LogP contribution in [0.5, 0.6) is 11.5 Å². The second-order valence-corrected chi connectivity index (χ2v) is 5.91. The van der Waals surface area contributed by atoms with E-state index in [2.05, 4.69) is 13.8 Å². The second-order valence-electron chi connectivity index (χ2n) is 5.91. The smallest absolute Gasteiger partial charge is 0.338 e. The zero-order valence-electron chi connectivity index (χ0n) is 14.6. The maximum Gasteiger partial charge on any atom is 0.338 e. The summed E-state index contributed by atoms with van der Waals surface area (Å²) in [6.07, 6.45) is 2.10. The van der Waals surface area contributed by atoms with Crippen molar-refractivity contribution in [2.75, 3.05) is 13.7 Å². The third-order valence-electron chi connectivity index (χ3n) is 3.48. The maximum absolute atomic E-state index is 12.0. The van der Waals surface area contributed by atoms with E-state index in [0.29, 0.717) is 23.8 Å². The number of carbonyl (C=O) groups excluding carboxylic acids is 1. The van der Waals surface area contributed by atoms with Crippen molar-refractivity contribution in [2.45, 2.75) is 26.9 Å². The van der Waals surface area contributed by atoms with Crippen molar-refractivity contribution in [1.29, 1.82) is 0 Å². The van der Waals surface area contributed by atoms with Crippen LogP contribution in [0.15, 0.2) is 45.8 Å². The summed E-state index contributed by atoms with van der Waals surface area (Å²) in [5.74, 6) is 1.04. The number of hydrogen-bond donors (Lipinski definition) is 0. The third-order valence-corrected chi connectivity index (χ3v) is 3.48. The molecule has 0 bridgehead atoms. The van der Waals surface area contributed by atoms with Gasteiger partial charge in [-0.05, 0) is 36.6 Å². The van der Waals surface area contributed by atoms with E-state index in [1.54, 1.807) is 31.4 Å². The molecule has 0 aliphatic carbocycles. The van der Waals surface area contributed by atoms with Gasteiger partial charge in [-0.2, -0.15) is 0 Å². The number of ether oxygens (including phenoxy) is 3. The summed E-state index contributed by atoms with van der Waals surface area (Å²) in [6, 6.07) is 7.80. The zero-order chi connectivity index (χ0) is 18.2. The van der Waals surface area contributed by atoms with Crippen LogP contribution in [-0.2, 0) is 11.3 Å². The molecule has 0 saturated heterocycles. The molecule has 1 heterocycles. The van der Waals surface area contributed by atoms with Crippen molar-refractivity contribution in [1.82, 2.24) is 0 Å². The number of methoxy groups -OCH3 is 1. The molecule has 2 rings (SSSR count). The lowest BCUT2D eigenvalue weighted by molar-refractivity contribution is 0.0442. The topological polar surface area (TPSA) is 75.0 Å². The Balaban J connectivity index is 1.90. The first kappa shape index (κ1) is 18.6. The maximum atomic E-state index is 12.0. The lowest BCUT2D eigenvalue weighted by Gasteiger charge is -2.08. The second kappa shape index (κ2) is 8.92. The molecule has 0 radical (unpaired) electrons. The summed E-state index contributed by atoms with van der Waals surface area (Å²) >= 11 is 0. The largest absolute Gasteiger partial charge is 0.497 e. The van der Waals surface area contributed by atoms with Crippen molar-refractivity contribution in [3.8, 4) is 11.5 Å². The molecule has 0 N–H and O–H groups in total. The summed E-state index contributed by atoms with van der Waals surface area (Å²) in [5, 5.41) is 0. The lowest BCUT2D eigenvalue weighted by Crippen LogP contribution is -2.11. The summed E-state index contributed by atoms with van der Waals surface area (Å²) in [4.78, 5) is 23.9. The fraction of sp³-hybridized carbons (Fsp3) is 0.368. The normalized spacial score (nSPS) is 10.6. The van der Waals surface area contributed by atoms with Crippen molar-refractivity contribution < 1.29 is 23.4 Å². The molecule has 2 aromatic rings. The fourth-order valence-corrected chi connectivity index (χ4v) is 1.97. The molecular formula is C19H22O6. The van der Waals surface area contributed by atoms with Gasteiger partial charge < -0.3 is 18.6 Å². The van der Waals surface area contributed by atoms with Gasteiger partial charge in [-0.25, -0.2) is 4.79 Å². The molecule has 0 saturated carbocycles. The fourth-order valence-electron chi connectivity index (χ4n) is 1.97. The van der Waals surface area contributed by atoms with Crippen LogP contribution in [0.3, 0.4) is 0 Å². The Morgan fingerprint density at radius 3 is 2.52 bits per heavy atom. The van der Waals surface area contributed by atoms with Gasteiger partial charge >= 0.3 is 5.97 Å². The van der Waals surface area contributed by atoms with Crippen LogP contribution in [0.4, 0.5) is 0 Å². The summed E-state index contributed by atoms with van der Waals surface area (Å²) in [5.41, 5.74) is 0.0855. The average molecular weight is 346 g/mol. The van der Waals surface area contributed by atoms with E-state index in [1.807, 2.05) is 0 Å². The molecule has 6 nitrogen and oxygen atoms in total. The minimum absolute atomic E-state index is 0.133. The lowest BCUT2D eigenvalue weighted by atomic mass is 10.1. The quantitative estimate of drug-likeness (QED) is 0.682. The minimum atomic E-state index is -0.512. The molecule has 0 unspecified atom stereocenters. The van der Waals surface area contributed by atoms with Gasteiger partial charge in [-0.1, -0.05) is 13.8 Å². The molecule has 1 aromatic heterocycles. The van der Waals surface area contributed by atoms with E-state index < -0.39 is 5.97 Å². The highest BCUT2D eigenvalue weighted by molar-refractivity contribution is 5.89. The first-order valence-electron chi connectivity index (χ1n) is 8.05. The van der Waals surface area contributed by atoms with E-state index in [9.17, 15) is 9.59 Å². The highest BCUT2D eigenvalue weighted by Crippen LogP contribution is 2.13. The van der Waals surface area contributed by atoms with E-state index in [1.165, 1.54) is 12.3 Å². The SMILES string of the molecule is COc1ccc(C(=O)OCc2cc(=O)c(OCCC(C)C)co2)cc1. The van der Waals surface area contributed by atoms with Gasteiger partial charge in [0.05, 0.1) is 19.3 Å². The molecule has 1 aromatic carbocycles. The van der Waals surface area contributed by atoms with Crippen LogP contribution in [0.1, 0.15) is 36.4 Å². The molecule has 0 aliphatic rings. The van der Waals surface area contributed by atoms with E-state index in [4.69, 9.17) is 18.6 Å². The Labute approximate surface area is 146 Å². The Bertz CT molecular complexity index is 745. The van der Waals surface area contributed by atoms with Crippen LogP contribution < -0.4 is 14.9 Å². The number of benzene rings is 1. The monoisotopic (exact) mass is 346 g/mol. The first-order chi connectivity index (χ1) is 12.0. The van der Waals surface area contributed by atoms with Crippen LogP contribution in [0.25, 0.3) is 0 Å². The Kier molecular flexibility index (Phi) is 6.62. The predicted molar refractivity (Wildman–Crippen MR) is 92.0 cm³/mol. The molecular weight excluding hydrogens is 324 g/mol. The van der Waals surface area contributed by atoms with Gasteiger partial charge in [0, 0.05) is 6.07 Å². The van der Waals surface area contributed by atoms with Crippen molar-refractivity contribution in [2.24, 2.45) is 5.92 Å². The Morgan fingerprint density at radius 1 is 1.20 bits per heavy atom. The van der Waals surface area contributed by atoms with E-state index in [-0.39, 0.29) is 23.5 Å². The van der Waals surface area contributed by atoms with Gasteiger partial charge in [0.25, 0.3) is 0 Å². The van der Waals surface area contributed by atoms with Crippen LogP contribution >= 0.6 is 0 Å². The van der Waals surface area contributed by atoms with Gasteiger partial charge in [-0.15, -0.1) is 0 Å². The molecule has 25 heavy (non-hydrogen) atoms. The van der Waals surface area contributed by atoms with Crippen molar-refractivity contribution in [3.63, 3.8) is 0 Å². The summed E-state index contributed by atoms with van der Waals surface area (Å²) in [7, 11) is 1.55.